The number of methoxy groups -OCH3 is 1. The van der Waals surface area contributed by atoms with Crippen LogP contribution >= 0.6 is 11.8 Å². The molecule has 0 aromatic heterocycles. The van der Waals surface area contributed by atoms with Crippen molar-refractivity contribution in [2.24, 2.45) is 4.99 Å². The first-order valence-electron chi connectivity index (χ1n) is 10.8. The molecule has 2 saturated heterocycles. The van der Waals surface area contributed by atoms with Crippen LogP contribution in [-0.2, 0) is 9.59 Å². The first kappa shape index (κ1) is 22.6. The molecular formula is C25H20N4O5S. The fourth-order valence-corrected chi connectivity index (χ4v) is 5.15. The van der Waals surface area contributed by atoms with Gasteiger partial charge < -0.3 is 9.64 Å². The van der Waals surface area contributed by atoms with E-state index in [1.165, 1.54) is 40.9 Å². The number of nitro groups is 1. The highest BCUT2D eigenvalue weighted by Gasteiger charge is 2.55. The Morgan fingerprint density at radius 1 is 0.943 bits per heavy atom. The van der Waals surface area contributed by atoms with Crippen LogP contribution in [0, 0.1) is 10.1 Å². The van der Waals surface area contributed by atoms with Gasteiger partial charge in [-0.1, -0.05) is 42.1 Å². The average Bonchev–Trinajstić information content (AvgIpc) is 3.23. The molecule has 2 fully saturated rings. The maximum atomic E-state index is 13.5. The molecule has 2 amide bonds. The van der Waals surface area contributed by atoms with Crippen molar-refractivity contribution in [1.82, 2.24) is 4.90 Å². The number of aliphatic imine (C=N–C) groups is 1. The lowest BCUT2D eigenvalue weighted by molar-refractivity contribution is -0.384. The Balaban J connectivity index is 1.51. The monoisotopic (exact) mass is 488 g/mol. The summed E-state index contributed by atoms with van der Waals surface area (Å²) in [5.41, 5.74) is 2.02. The molecule has 0 saturated carbocycles. The SMILES string of the molecule is COc1ccc(N2C(=O)[C@H](N3C(=O)CSC3=Nc3ccc([N+](=O)[O-])cc3)[C@H]2c2ccccc2)cc1. The summed E-state index contributed by atoms with van der Waals surface area (Å²) < 4.78 is 5.23. The summed E-state index contributed by atoms with van der Waals surface area (Å²) in [7, 11) is 1.58. The van der Waals surface area contributed by atoms with E-state index in [0.29, 0.717) is 22.3 Å². The number of non-ortho nitro benzene ring substituents is 1. The maximum Gasteiger partial charge on any atom is 0.269 e. The van der Waals surface area contributed by atoms with Crippen molar-refractivity contribution in [2.45, 2.75) is 12.1 Å². The molecule has 5 rings (SSSR count). The molecule has 0 aliphatic carbocycles. The Kier molecular flexibility index (Phi) is 5.96. The number of ether oxygens (including phenoxy) is 1. The summed E-state index contributed by atoms with van der Waals surface area (Å²) in [5, 5.41) is 11.3. The zero-order valence-electron chi connectivity index (χ0n) is 18.6. The van der Waals surface area contributed by atoms with Gasteiger partial charge in [-0.15, -0.1) is 0 Å². The van der Waals surface area contributed by atoms with E-state index >= 15 is 0 Å². The van der Waals surface area contributed by atoms with Crippen LogP contribution < -0.4 is 9.64 Å². The molecule has 176 valence electrons. The number of rotatable bonds is 6. The average molecular weight is 489 g/mol. The number of hydrogen-bond donors (Lipinski definition) is 0. The first-order chi connectivity index (χ1) is 17.0. The number of nitrogens with zero attached hydrogens (tertiary/aromatic N) is 4. The third kappa shape index (κ3) is 4.12. The van der Waals surface area contributed by atoms with Crippen LogP contribution in [0.25, 0.3) is 0 Å². The van der Waals surface area contributed by atoms with E-state index in [9.17, 15) is 19.7 Å². The molecular weight excluding hydrogens is 468 g/mol. The standard InChI is InChI=1S/C25H20N4O5S/c1-34-20-13-11-18(12-14-20)27-22(16-5-3-2-4-6-16)23(24(27)31)28-21(30)15-35-25(28)26-17-7-9-19(10-8-17)29(32)33/h2-14,22-23H,15H2,1H3/t22-,23-/m1/s1. The van der Waals surface area contributed by atoms with E-state index in [-0.39, 0.29) is 23.3 Å². The van der Waals surface area contributed by atoms with Gasteiger partial charge in [0.1, 0.15) is 11.8 Å². The van der Waals surface area contributed by atoms with Gasteiger partial charge in [0, 0.05) is 17.8 Å². The van der Waals surface area contributed by atoms with Crippen LogP contribution in [0.15, 0.2) is 83.9 Å². The predicted octanol–water partition coefficient (Wildman–Crippen LogP) is 4.32. The van der Waals surface area contributed by atoms with Crippen molar-refractivity contribution in [2.75, 3.05) is 17.8 Å². The Hall–Kier alpha value is -4.18. The number of hydrogen-bond acceptors (Lipinski definition) is 7. The molecule has 10 heteroatoms. The number of thioether (sulfide) groups is 1. The number of nitro benzene ring substituents is 1. The van der Waals surface area contributed by atoms with Gasteiger partial charge in [-0.3, -0.25) is 24.6 Å². The number of amidine groups is 1. The van der Waals surface area contributed by atoms with E-state index in [4.69, 9.17) is 4.74 Å². The van der Waals surface area contributed by atoms with Crippen LogP contribution in [0.2, 0.25) is 0 Å². The summed E-state index contributed by atoms with van der Waals surface area (Å²) in [6.07, 6.45) is 0. The molecule has 2 aliphatic heterocycles. The predicted molar refractivity (Wildman–Crippen MR) is 133 cm³/mol. The van der Waals surface area contributed by atoms with Gasteiger partial charge in [-0.2, -0.15) is 0 Å². The molecule has 2 heterocycles. The molecule has 0 radical (unpaired) electrons. The van der Waals surface area contributed by atoms with Gasteiger partial charge in [0.05, 0.1) is 29.5 Å². The highest BCUT2D eigenvalue weighted by molar-refractivity contribution is 8.15. The van der Waals surface area contributed by atoms with E-state index in [1.807, 2.05) is 42.5 Å². The maximum absolute atomic E-state index is 13.5. The van der Waals surface area contributed by atoms with Gasteiger partial charge >= 0.3 is 0 Å². The first-order valence-corrected chi connectivity index (χ1v) is 11.8. The van der Waals surface area contributed by atoms with Gasteiger partial charge in [0.15, 0.2) is 5.17 Å². The number of benzene rings is 3. The van der Waals surface area contributed by atoms with Crippen molar-refractivity contribution in [3.05, 3.63) is 94.5 Å². The van der Waals surface area contributed by atoms with Crippen LogP contribution in [0.5, 0.6) is 5.75 Å². The Morgan fingerprint density at radius 2 is 1.63 bits per heavy atom. The van der Waals surface area contributed by atoms with Gasteiger partial charge in [-0.25, -0.2) is 4.99 Å². The van der Waals surface area contributed by atoms with Crippen molar-refractivity contribution >= 4 is 45.8 Å². The zero-order chi connectivity index (χ0) is 24.5. The van der Waals surface area contributed by atoms with Crippen molar-refractivity contribution in [1.29, 1.82) is 0 Å². The van der Waals surface area contributed by atoms with Crippen molar-refractivity contribution in [3.8, 4) is 5.75 Å². The largest absolute Gasteiger partial charge is 0.497 e. The molecule has 0 spiro atoms. The molecule has 0 unspecified atom stereocenters. The quantitative estimate of drug-likeness (QED) is 0.291. The number of anilines is 1. The van der Waals surface area contributed by atoms with E-state index in [0.717, 1.165) is 5.56 Å². The summed E-state index contributed by atoms with van der Waals surface area (Å²) >= 11 is 1.25. The Labute approximate surface area is 205 Å². The fraction of sp³-hybridized carbons (Fsp3) is 0.160. The number of β-lactam (4-membered cyclic amide) rings is 1. The van der Waals surface area contributed by atoms with Gasteiger partial charge in [0.25, 0.3) is 11.6 Å². The van der Waals surface area contributed by atoms with E-state index in [2.05, 4.69) is 4.99 Å². The minimum Gasteiger partial charge on any atom is -0.497 e. The lowest BCUT2D eigenvalue weighted by Crippen LogP contribution is -2.67. The third-order valence-electron chi connectivity index (χ3n) is 5.92. The van der Waals surface area contributed by atoms with Gasteiger partial charge in [-0.05, 0) is 42.0 Å². The molecule has 9 nitrogen and oxygen atoms in total. The number of carbonyl (C=O) groups excluding carboxylic acids is 2. The number of carbonyl (C=O) groups is 2. The Morgan fingerprint density at radius 3 is 2.26 bits per heavy atom. The summed E-state index contributed by atoms with van der Waals surface area (Å²) in [6.45, 7) is 0. The van der Waals surface area contributed by atoms with Crippen LogP contribution in [0.3, 0.4) is 0 Å². The zero-order valence-corrected chi connectivity index (χ0v) is 19.4. The topological polar surface area (TPSA) is 105 Å². The highest BCUT2D eigenvalue weighted by Crippen LogP contribution is 2.44. The van der Waals surface area contributed by atoms with Crippen molar-refractivity contribution in [3.63, 3.8) is 0 Å². The smallest absolute Gasteiger partial charge is 0.269 e. The van der Waals surface area contributed by atoms with Crippen LogP contribution in [-0.4, -0.2) is 45.7 Å². The van der Waals surface area contributed by atoms with Crippen LogP contribution in [0.4, 0.5) is 17.1 Å². The highest BCUT2D eigenvalue weighted by atomic mass is 32.2. The molecule has 3 aromatic rings. The summed E-state index contributed by atoms with van der Waals surface area (Å²) in [4.78, 5) is 44.6. The fourth-order valence-electron chi connectivity index (χ4n) is 4.23. The molecule has 0 N–H and O–H groups in total. The molecule has 0 bridgehead atoms. The summed E-state index contributed by atoms with van der Waals surface area (Å²) in [5.74, 6) is 0.429. The minimum atomic E-state index is -0.751. The molecule has 2 atom stereocenters. The van der Waals surface area contributed by atoms with Crippen molar-refractivity contribution < 1.29 is 19.2 Å². The lowest BCUT2D eigenvalue weighted by Gasteiger charge is -2.50. The molecule has 2 aliphatic rings. The molecule has 3 aromatic carbocycles. The normalized spacial score (nSPS) is 20.8. The lowest BCUT2D eigenvalue weighted by atomic mass is 9.86. The Bertz CT molecular complexity index is 1310. The summed E-state index contributed by atoms with van der Waals surface area (Å²) in [6, 6.07) is 21.4. The van der Waals surface area contributed by atoms with Crippen LogP contribution in [0.1, 0.15) is 11.6 Å². The third-order valence-corrected chi connectivity index (χ3v) is 6.86. The van der Waals surface area contributed by atoms with E-state index in [1.54, 1.807) is 24.1 Å². The second kappa shape index (κ2) is 9.22. The second-order valence-electron chi connectivity index (χ2n) is 7.93. The van der Waals surface area contributed by atoms with Gasteiger partial charge in [0.2, 0.25) is 5.91 Å². The number of amides is 2. The van der Waals surface area contributed by atoms with E-state index < -0.39 is 17.0 Å². The minimum absolute atomic E-state index is 0.0468. The molecule has 35 heavy (non-hydrogen) atoms. The second-order valence-corrected chi connectivity index (χ2v) is 8.87.